The topological polar surface area (TPSA) is 76.4 Å². The molecule has 0 aliphatic heterocycles. The maximum atomic E-state index is 12.5. The van der Waals surface area contributed by atoms with E-state index in [-0.39, 0.29) is 17.4 Å². The molecule has 0 spiro atoms. The molecule has 1 saturated carbocycles. The van der Waals surface area contributed by atoms with Crippen molar-refractivity contribution in [3.8, 4) is 5.75 Å². The van der Waals surface area contributed by atoms with E-state index in [1.54, 1.807) is 29.8 Å². The molecule has 0 radical (unpaired) electrons. The third-order valence-electron chi connectivity index (χ3n) is 4.82. The van der Waals surface area contributed by atoms with Crippen LogP contribution in [0.3, 0.4) is 0 Å². The van der Waals surface area contributed by atoms with E-state index < -0.39 is 12.8 Å². The molecule has 0 amide bonds. The summed E-state index contributed by atoms with van der Waals surface area (Å²) < 4.78 is 43.8. The second kappa shape index (κ2) is 8.50. The standard InChI is InChI=1S/C19H21F3N6OS/c1-12-24-10-16(30-12)23-8-7-14(13-4-2-5-13)25-18-26-17-15(29-11-19(20,21)22)6-3-9-28(17)27-18/h3,6-10,13-14,23H,2,4-5,11H2,1H3,(H,25,27)/b8-7+. The van der Waals surface area contributed by atoms with Crippen LogP contribution >= 0.6 is 11.3 Å². The molecule has 3 aromatic rings. The number of pyridine rings is 1. The Morgan fingerprint density at radius 2 is 2.23 bits per heavy atom. The molecule has 1 atom stereocenters. The summed E-state index contributed by atoms with van der Waals surface area (Å²) >= 11 is 1.57. The second-order valence-corrected chi connectivity index (χ2v) is 8.32. The first-order valence-corrected chi connectivity index (χ1v) is 10.4. The predicted octanol–water partition coefficient (Wildman–Crippen LogP) is 4.64. The van der Waals surface area contributed by atoms with Gasteiger partial charge in [0, 0.05) is 6.20 Å². The van der Waals surface area contributed by atoms with Crippen LogP contribution in [0.4, 0.5) is 24.1 Å². The quantitative estimate of drug-likeness (QED) is 0.534. The summed E-state index contributed by atoms with van der Waals surface area (Å²) in [5, 5.41) is 12.8. The molecule has 30 heavy (non-hydrogen) atoms. The first-order chi connectivity index (χ1) is 14.4. The highest BCUT2D eigenvalue weighted by Gasteiger charge is 2.29. The van der Waals surface area contributed by atoms with Crippen LogP contribution in [0.1, 0.15) is 24.3 Å². The first-order valence-electron chi connectivity index (χ1n) is 9.54. The molecule has 0 bridgehead atoms. The molecule has 3 aromatic heterocycles. The van der Waals surface area contributed by atoms with Gasteiger partial charge in [0.25, 0.3) is 0 Å². The van der Waals surface area contributed by atoms with Crippen LogP contribution in [-0.2, 0) is 0 Å². The Hall–Kier alpha value is -2.82. The largest absolute Gasteiger partial charge is 0.480 e. The number of hydrogen-bond donors (Lipinski definition) is 2. The van der Waals surface area contributed by atoms with Crippen molar-refractivity contribution in [2.45, 2.75) is 38.4 Å². The van der Waals surface area contributed by atoms with Crippen molar-refractivity contribution >= 4 is 27.9 Å². The van der Waals surface area contributed by atoms with Gasteiger partial charge in [0.15, 0.2) is 18.0 Å². The Morgan fingerprint density at radius 1 is 1.40 bits per heavy atom. The van der Waals surface area contributed by atoms with E-state index in [0.29, 0.717) is 11.9 Å². The Labute approximate surface area is 175 Å². The first kappa shape index (κ1) is 20.5. The van der Waals surface area contributed by atoms with E-state index in [2.05, 4.69) is 25.7 Å². The van der Waals surface area contributed by atoms with Crippen LogP contribution in [0.25, 0.3) is 5.65 Å². The number of ether oxygens (including phenoxy) is 1. The van der Waals surface area contributed by atoms with Gasteiger partial charge in [-0.2, -0.15) is 18.2 Å². The SMILES string of the molecule is Cc1ncc(N/C=C/C(Nc2nc3c(OCC(F)(F)F)cccn3n2)C2CCC2)s1. The Morgan fingerprint density at radius 3 is 2.90 bits per heavy atom. The van der Waals surface area contributed by atoms with Crippen molar-refractivity contribution in [3.63, 3.8) is 0 Å². The minimum atomic E-state index is -4.42. The van der Waals surface area contributed by atoms with Crippen LogP contribution in [-0.4, -0.2) is 38.4 Å². The van der Waals surface area contributed by atoms with Crippen LogP contribution in [0.2, 0.25) is 0 Å². The molecule has 1 unspecified atom stereocenters. The molecule has 1 fully saturated rings. The molecular weight excluding hydrogens is 417 g/mol. The highest BCUT2D eigenvalue weighted by molar-refractivity contribution is 7.15. The molecule has 7 nitrogen and oxygen atoms in total. The summed E-state index contributed by atoms with van der Waals surface area (Å²) in [4.78, 5) is 8.56. The molecule has 3 heterocycles. The molecule has 0 aromatic carbocycles. The zero-order valence-corrected chi connectivity index (χ0v) is 17.0. The number of rotatable bonds is 8. The fourth-order valence-corrected chi connectivity index (χ4v) is 3.80. The summed E-state index contributed by atoms with van der Waals surface area (Å²) in [6, 6.07) is 3.02. The molecular formula is C19H21F3N6OS. The van der Waals surface area contributed by atoms with Gasteiger partial charge in [-0.15, -0.1) is 16.4 Å². The fraction of sp³-hybridized carbons (Fsp3) is 0.421. The zero-order chi connectivity index (χ0) is 21.1. The van der Waals surface area contributed by atoms with E-state index in [4.69, 9.17) is 4.74 Å². The predicted molar refractivity (Wildman–Crippen MR) is 109 cm³/mol. The molecule has 1 aliphatic rings. The van der Waals surface area contributed by atoms with Crippen molar-refractivity contribution in [1.29, 1.82) is 0 Å². The number of alkyl halides is 3. The lowest BCUT2D eigenvalue weighted by Gasteiger charge is -2.32. The van der Waals surface area contributed by atoms with Crippen molar-refractivity contribution in [2.24, 2.45) is 5.92 Å². The summed E-state index contributed by atoms with van der Waals surface area (Å²) in [5.41, 5.74) is 0.235. The number of aryl methyl sites for hydroxylation is 1. The van der Waals surface area contributed by atoms with Crippen molar-refractivity contribution < 1.29 is 17.9 Å². The summed E-state index contributed by atoms with van der Waals surface area (Å²) in [7, 11) is 0. The monoisotopic (exact) mass is 438 g/mol. The average molecular weight is 438 g/mol. The average Bonchev–Trinajstić information content (AvgIpc) is 3.23. The Kier molecular flexibility index (Phi) is 5.80. The Balaban J connectivity index is 1.48. The number of anilines is 2. The van der Waals surface area contributed by atoms with Crippen LogP contribution in [0.5, 0.6) is 5.75 Å². The number of fused-ring (bicyclic) bond motifs is 1. The van der Waals surface area contributed by atoms with Gasteiger partial charge in [0.2, 0.25) is 5.95 Å². The van der Waals surface area contributed by atoms with E-state index >= 15 is 0 Å². The lowest BCUT2D eigenvalue weighted by molar-refractivity contribution is -0.153. The molecule has 2 N–H and O–H groups in total. The van der Waals surface area contributed by atoms with Crippen molar-refractivity contribution in [1.82, 2.24) is 19.6 Å². The lowest BCUT2D eigenvalue weighted by atomic mass is 9.80. The molecule has 1 aliphatic carbocycles. The maximum absolute atomic E-state index is 12.5. The van der Waals surface area contributed by atoms with Gasteiger partial charge >= 0.3 is 6.18 Å². The van der Waals surface area contributed by atoms with Gasteiger partial charge in [0.1, 0.15) is 5.00 Å². The zero-order valence-electron chi connectivity index (χ0n) is 16.2. The number of thiazole rings is 1. The highest BCUT2D eigenvalue weighted by atomic mass is 32.1. The van der Waals surface area contributed by atoms with E-state index in [1.807, 2.05) is 19.2 Å². The second-order valence-electron chi connectivity index (χ2n) is 7.09. The van der Waals surface area contributed by atoms with Crippen LogP contribution in [0.15, 0.2) is 36.8 Å². The molecule has 11 heteroatoms. The molecule has 160 valence electrons. The number of nitrogens with zero attached hydrogens (tertiary/aromatic N) is 4. The van der Waals surface area contributed by atoms with Gasteiger partial charge in [0.05, 0.1) is 17.2 Å². The molecule has 0 saturated heterocycles. The van der Waals surface area contributed by atoms with Gasteiger partial charge in [-0.3, -0.25) is 0 Å². The summed E-state index contributed by atoms with van der Waals surface area (Å²) in [5.74, 6) is 0.820. The van der Waals surface area contributed by atoms with E-state index in [0.717, 1.165) is 22.9 Å². The van der Waals surface area contributed by atoms with E-state index in [9.17, 15) is 13.2 Å². The maximum Gasteiger partial charge on any atom is 0.422 e. The highest BCUT2D eigenvalue weighted by Crippen LogP contribution is 2.32. The van der Waals surface area contributed by atoms with Crippen LogP contribution < -0.4 is 15.4 Å². The van der Waals surface area contributed by atoms with Gasteiger partial charge < -0.3 is 15.4 Å². The molecule has 4 rings (SSSR count). The number of hydrogen-bond acceptors (Lipinski definition) is 7. The van der Waals surface area contributed by atoms with Gasteiger partial charge in [-0.05, 0) is 50.1 Å². The van der Waals surface area contributed by atoms with Crippen LogP contribution in [0, 0.1) is 12.8 Å². The number of nitrogens with one attached hydrogen (secondary N) is 2. The normalized spacial score (nSPS) is 16.0. The number of halogens is 3. The van der Waals surface area contributed by atoms with Crippen molar-refractivity contribution in [3.05, 3.63) is 41.8 Å². The minimum Gasteiger partial charge on any atom is -0.480 e. The third-order valence-corrected chi connectivity index (χ3v) is 5.67. The fourth-order valence-electron chi connectivity index (χ4n) is 3.15. The van der Waals surface area contributed by atoms with Crippen molar-refractivity contribution in [2.75, 3.05) is 17.2 Å². The Bertz CT molecular complexity index is 1030. The number of aromatic nitrogens is 4. The summed E-state index contributed by atoms with van der Waals surface area (Å²) in [6.07, 6.45) is 6.23. The van der Waals surface area contributed by atoms with E-state index in [1.165, 1.54) is 17.0 Å². The van der Waals surface area contributed by atoms with Gasteiger partial charge in [-0.25, -0.2) is 9.50 Å². The smallest absolute Gasteiger partial charge is 0.422 e. The lowest BCUT2D eigenvalue weighted by Crippen LogP contribution is -2.32. The summed E-state index contributed by atoms with van der Waals surface area (Å²) in [6.45, 7) is 0.568. The minimum absolute atomic E-state index is 0.00257. The third kappa shape index (κ3) is 5.02. The van der Waals surface area contributed by atoms with Gasteiger partial charge in [-0.1, -0.05) is 6.42 Å².